The molecule has 0 aromatic rings. The summed E-state index contributed by atoms with van der Waals surface area (Å²) in [5.41, 5.74) is 1.58. The van der Waals surface area contributed by atoms with Gasteiger partial charge in [-0.2, -0.15) is 0 Å². The highest BCUT2D eigenvalue weighted by Gasteiger charge is 2.01. The van der Waals surface area contributed by atoms with E-state index in [0.29, 0.717) is 5.92 Å². The van der Waals surface area contributed by atoms with E-state index < -0.39 is 0 Å². The van der Waals surface area contributed by atoms with E-state index in [0.717, 1.165) is 12.8 Å². The zero-order valence-electron chi connectivity index (χ0n) is 9.76. The fourth-order valence-electron chi connectivity index (χ4n) is 1.55. The van der Waals surface area contributed by atoms with Gasteiger partial charge in [0.1, 0.15) is 0 Å². The van der Waals surface area contributed by atoms with Crippen molar-refractivity contribution in [2.24, 2.45) is 5.92 Å². The molecule has 0 N–H and O–H groups in total. The van der Waals surface area contributed by atoms with Gasteiger partial charge in [-0.05, 0) is 38.0 Å². The van der Waals surface area contributed by atoms with Gasteiger partial charge < -0.3 is 0 Å². The quantitative estimate of drug-likeness (QED) is 0.379. The molecule has 0 aromatic heterocycles. The van der Waals surface area contributed by atoms with Crippen LogP contribution in [0.3, 0.4) is 0 Å². The summed E-state index contributed by atoms with van der Waals surface area (Å²) in [6.07, 6.45) is 12.3. The molecule has 0 heteroatoms. The van der Waals surface area contributed by atoms with Gasteiger partial charge in [-0.1, -0.05) is 37.6 Å². The first-order valence-corrected chi connectivity index (χ1v) is 5.65. The Bertz CT molecular complexity index is 186. The summed E-state index contributed by atoms with van der Waals surface area (Å²) >= 11 is 0. The van der Waals surface area contributed by atoms with Crippen molar-refractivity contribution in [3.63, 3.8) is 0 Å². The van der Waals surface area contributed by atoms with Gasteiger partial charge in [0, 0.05) is 0 Å². The van der Waals surface area contributed by atoms with Crippen LogP contribution in [0.4, 0.5) is 0 Å². The molecule has 1 unspecified atom stereocenters. The maximum atomic E-state index is 3.83. The minimum Gasteiger partial charge on any atom is -0.103 e. The summed E-state index contributed by atoms with van der Waals surface area (Å²) in [4.78, 5) is 0. The Morgan fingerprint density at radius 1 is 1.36 bits per heavy atom. The fourth-order valence-corrected chi connectivity index (χ4v) is 1.55. The van der Waals surface area contributed by atoms with Gasteiger partial charge >= 0.3 is 0 Å². The van der Waals surface area contributed by atoms with Crippen molar-refractivity contribution >= 4 is 0 Å². The lowest BCUT2D eigenvalue weighted by atomic mass is 9.96. The molecule has 0 spiro atoms. The van der Waals surface area contributed by atoms with E-state index in [-0.39, 0.29) is 0 Å². The maximum absolute atomic E-state index is 3.83. The van der Waals surface area contributed by atoms with Crippen LogP contribution in [0.1, 0.15) is 46.0 Å². The molecule has 1 atom stereocenters. The third-order valence-corrected chi connectivity index (χ3v) is 2.39. The van der Waals surface area contributed by atoms with E-state index in [1.54, 1.807) is 5.57 Å². The number of hydrogen-bond acceptors (Lipinski definition) is 0. The van der Waals surface area contributed by atoms with Crippen molar-refractivity contribution < 1.29 is 0 Å². The molecule has 0 rings (SSSR count). The van der Waals surface area contributed by atoms with Gasteiger partial charge in [-0.25, -0.2) is 0 Å². The van der Waals surface area contributed by atoms with Crippen molar-refractivity contribution in [1.82, 2.24) is 0 Å². The fraction of sp³-hybridized carbons (Fsp3) is 0.571. The molecule has 0 aliphatic rings. The van der Waals surface area contributed by atoms with Crippen LogP contribution in [0.15, 0.2) is 37.0 Å². The Labute approximate surface area is 89.4 Å². The van der Waals surface area contributed by atoms with E-state index >= 15 is 0 Å². The normalized spacial score (nSPS) is 13.7. The average molecular weight is 192 g/mol. The Morgan fingerprint density at radius 3 is 2.57 bits per heavy atom. The molecule has 0 aromatic carbocycles. The number of hydrogen-bond donors (Lipinski definition) is 0. The van der Waals surface area contributed by atoms with Gasteiger partial charge in [-0.15, -0.1) is 13.2 Å². The molecule has 0 saturated carbocycles. The molecule has 0 radical (unpaired) electrons. The molecular formula is C14H24. The van der Waals surface area contributed by atoms with Crippen molar-refractivity contribution in [1.29, 1.82) is 0 Å². The second-order valence-corrected chi connectivity index (χ2v) is 3.87. The van der Waals surface area contributed by atoms with Crippen LogP contribution >= 0.6 is 0 Å². The lowest BCUT2D eigenvalue weighted by Crippen LogP contribution is -1.93. The molecule has 80 valence electrons. The zero-order chi connectivity index (χ0) is 10.8. The van der Waals surface area contributed by atoms with E-state index in [4.69, 9.17) is 0 Å². The second kappa shape index (κ2) is 8.80. The molecule has 0 amide bonds. The standard InChI is InChI=1S/C14H24/c1-5-8-9-11-14(10-6-2)12-13(4)7-3/h5,7,10,13H,1,3,6,8-9,11-12H2,2,4H3. The third-order valence-electron chi connectivity index (χ3n) is 2.39. The first-order chi connectivity index (χ1) is 6.74. The summed E-state index contributed by atoms with van der Waals surface area (Å²) < 4.78 is 0. The zero-order valence-corrected chi connectivity index (χ0v) is 9.76. The minimum atomic E-state index is 0.608. The average Bonchev–Trinajstić information content (AvgIpc) is 2.18. The summed E-state index contributed by atoms with van der Waals surface area (Å²) in [5, 5.41) is 0. The van der Waals surface area contributed by atoms with Crippen molar-refractivity contribution in [2.75, 3.05) is 0 Å². The number of unbranched alkanes of at least 4 members (excludes halogenated alkanes) is 1. The predicted molar refractivity (Wildman–Crippen MR) is 66.4 cm³/mol. The molecule has 14 heavy (non-hydrogen) atoms. The van der Waals surface area contributed by atoms with Gasteiger partial charge in [0.2, 0.25) is 0 Å². The highest BCUT2D eigenvalue weighted by atomic mass is 14.1. The summed E-state index contributed by atoms with van der Waals surface area (Å²) in [6, 6.07) is 0. The monoisotopic (exact) mass is 192 g/mol. The van der Waals surface area contributed by atoms with Crippen LogP contribution in [0.25, 0.3) is 0 Å². The van der Waals surface area contributed by atoms with Gasteiger partial charge in [0.15, 0.2) is 0 Å². The first kappa shape index (κ1) is 13.2. The van der Waals surface area contributed by atoms with E-state index in [1.807, 2.05) is 12.2 Å². The Balaban J connectivity index is 3.95. The highest BCUT2D eigenvalue weighted by molar-refractivity contribution is 5.04. The second-order valence-electron chi connectivity index (χ2n) is 3.87. The van der Waals surface area contributed by atoms with Crippen LogP contribution in [0, 0.1) is 5.92 Å². The molecule has 0 aliphatic heterocycles. The van der Waals surface area contributed by atoms with Crippen molar-refractivity contribution in [3.8, 4) is 0 Å². The minimum absolute atomic E-state index is 0.608. The van der Waals surface area contributed by atoms with Crippen LogP contribution in [0.5, 0.6) is 0 Å². The van der Waals surface area contributed by atoms with Gasteiger partial charge in [0.25, 0.3) is 0 Å². The topological polar surface area (TPSA) is 0 Å². The number of allylic oxidation sites excluding steroid dienone is 4. The van der Waals surface area contributed by atoms with Gasteiger partial charge in [-0.3, -0.25) is 0 Å². The molecule has 0 heterocycles. The Hall–Kier alpha value is -0.780. The highest BCUT2D eigenvalue weighted by Crippen LogP contribution is 2.18. The number of rotatable bonds is 8. The lowest BCUT2D eigenvalue weighted by molar-refractivity contribution is 0.672. The predicted octanol–water partition coefficient (Wildman–Crippen LogP) is 4.89. The summed E-state index contributed by atoms with van der Waals surface area (Å²) in [7, 11) is 0. The molecule has 0 aliphatic carbocycles. The van der Waals surface area contributed by atoms with Crippen LogP contribution in [0.2, 0.25) is 0 Å². The SMILES string of the molecule is C=CCCCC(=CCC)CC(C)C=C. The molecule has 0 fully saturated rings. The molecular weight excluding hydrogens is 168 g/mol. The Morgan fingerprint density at radius 2 is 2.07 bits per heavy atom. The largest absolute Gasteiger partial charge is 0.103 e. The molecule has 0 nitrogen and oxygen atoms in total. The lowest BCUT2D eigenvalue weighted by Gasteiger charge is -2.10. The molecule has 0 bridgehead atoms. The molecule has 0 saturated heterocycles. The maximum Gasteiger partial charge on any atom is -0.0227 e. The van der Waals surface area contributed by atoms with Crippen molar-refractivity contribution in [3.05, 3.63) is 37.0 Å². The van der Waals surface area contributed by atoms with Crippen LogP contribution < -0.4 is 0 Å². The van der Waals surface area contributed by atoms with Gasteiger partial charge in [0.05, 0.1) is 0 Å². The van der Waals surface area contributed by atoms with E-state index in [1.165, 1.54) is 19.3 Å². The summed E-state index contributed by atoms with van der Waals surface area (Å²) in [6.45, 7) is 12.0. The third kappa shape index (κ3) is 6.71. The van der Waals surface area contributed by atoms with E-state index in [9.17, 15) is 0 Å². The smallest absolute Gasteiger partial charge is 0.0227 e. The summed E-state index contributed by atoms with van der Waals surface area (Å²) in [5.74, 6) is 0.608. The first-order valence-electron chi connectivity index (χ1n) is 5.65. The Kier molecular flexibility index (Phi) is 8.31. The van der Waals surface area contributed by atoms with Crippen LogP contribution in [-0.4, -0.2) is 0 Å². The van der Waals surface area contributed by atoms with Crippen molar-refractivity contribution in [2.45, 2.75) is 46.0 Å². The van der Waals surface area contributed by atoms with E-state index in [2.05, 4.69) is 33.1 Å². The van der Waals surface area contributed by atoms with Crippen LogP contribution in [-0.2, 0) is 0 Å².